The van der Waals surface area contributed by atoms with Gasteiger partial charge in [-0.1, -0.05) is 18.7 Å². The molecule has 6 aliphatic rings. The number of anilines is 1. The van der Waals surface area contributed by atoms with Gasteiger partial charge in [0.05, 0.1) is 18.3 Å². The monoisotopic (exact) mass is 350 g/mol. The Morgan fingerprint density at radius 1 is 1.23 bits per heavy atom. The average Bonchev–Trinajstić information content (AvgIpc) is 3.18. The molecule has 3 aliphatic carbocycles. The van der Waals surface area contributed by atoms with Crippen molar-refractivity contribution in [3.63, 3.8) is 0 Å². The molecule has 4 atom stereocenters. The van der Waals surface area contributed by atoms with Gasteiger partial charge in [0.25, 0.3) is 0 Å². The second-order valence-electron chi connectivity index (χ2n) is 9.10. The lowest BCUT2D eigenvalue weighted by molar-refractivity contribution is -0.113. The number of fused-ring (bicyclic) bond motifs is 3. The molecule has 3 saturated carbocycles. The summed E-state index contributed by atoms with van der Waals surface area (Å²) < 4.78 is 5.73. The number of carbonyl (C=O) groups excluding carboxylic acids is 1. The minimum atomic E-state index is -0.260. The van der Waals surface area contributed by atoms with Gasteiger partial charge >= 0.3 is 0 Å². The smallest absolute Gasteiger partial charge is 0.215 e. The fourth-order valence-corrected chi connectivity index (χ4v) is 8.14. The molecule has 0 aromatic heterocycles. The molecule has 1 amide bonds. The van der Waals surface area contributed by atoms with Crippen LogP contribution in [-0.2, 0) is 10.2 Å². The molecule has 26 heavy (non-hydrogen) atoms. The van der Waals surface area contributed by atoms with E-state index >= 15 is 0 Å². The molecule has 0 N–H and O–H groups in total. The number of ether oxygens (including phenoxy) is 1. The predicted molar refractivity (Wildman–Crippen MR) is 101 cm³/mol. The van der Waals surface area contributed by atoms with E-state index in [0.717, 1.165) is 43.7 Å². The summed E-state index contributed by atoms with van der Waals surface area (Å²) in [5.41, 5.74) is 3.72. The van der Waals surface area contributed by atoms with Crippen molar-refractivity contribution in [2.24, 2.45) is 5.41 Å². The van der Waals surface area contributed by atoms with Gasteiger partial charge in [-0.25, -0.2) is 0 Å². The lowest BCUT2D eigenvalue weighted by Gasteiger charge is -2.68. The van der Waals surface area contributed by atoms with E-state index in [1.54, 1.807) is 7.11 Å². The molecule has 3 spiro atoms. The summed E-state index contributed by atoms with van der Waals surface area (Å²) in [6.07, 6.45) is 8.15. The first-order valence-electron chi connectivity index (χ1n) is 9.99. The van der Waals surface area contributed by atoms with E-state index in [2.05, 4.69) is 23.6 Å². The van der Waals surface area contributed by atoms with Crippen molar-refractivity contribution in [2.75, 3.05) is 25.1 Å². The molecule has 4 heteroatoms. The van der Waals surface area contributed by atoms with Gasteiger partial charge in [-0.05, 0) is 74.2 Å². The number of piperidine rings is 1. The highest BCUT2D eigenvalue weighted by atomic mass is 16.5. The van der Waals surface area contributed by atoms with Crippen molar-refractivity contribution in [3.05, 3.63) is 35.9 Å². The minimum Gasteiger partial charge on any atom is -0.495 e. The molecule has 2 saturated heterocycles. The summed E-state index contributed by atoms with van der Waals surface area (Å²) in [7, 11) is 1.71. The summed E-state index contributed by atoms with van der Waals surface area (Å²) in [4.78, 5) is 17.2. The Morgan fingerprint density at radius 3 is 2.88 bits per heavy atom. The van der Waals surface area contributed by atoms with E-state index < -0.39 is 0 Å². The fraction of sp³-hybridized carbons (Fsp3) is 0.591. The average molecular weight is 350 g/mol. The molecule has 136 valence electrons. The standard InChI is InChI=1S/C22H26N2O2/c1-15-13-20-7-4-11-23-12-10-21(19(20)23)16-5-3-6-17(26-2)18(16)24(14-25)22(15,21)9-8-20/h3,5-6,14,19H,1,4,7-13H2,2H3/t19-,20?,21+,22?/m0/s1. The van der Waals surface area contributed by atoms with Gasteiger partial charge in [-0.2, -0.15) is 0 Å². The predicted octanol–water partition coefficient (Wildman–Crippen LogP) is 3.26. The van der Waals surface area contributed by atoms with Gasteiger partial charge in [-0.3, -0.25) is 9.69 Å². The molecule has 5 fully saturated rings. The van der Waals surface area contributed by atoms with Gasteiger partial charge in [0, 0.05) is 11.5 Å². The van der Waals surface area contributed by atoms with E-state index in [1.165, 1.54) is 36.9 Å². The Kier molecular flexibility index (Phi) is 2.66. The number of methoxy groups -OCH3 is 1. The largest absolute Gasteiger partial charge is 0.495 e. The molecule has 1 aromatic carbocycles. The van der Waals surface area contributed by atoms with Crippen LogP contribution in [0, 0.1) is 5.41 Å². The van der Waals surface area contributed by atoms with Crippen LogP contribution in [0.15, 0.2) is 30.4 Å². The van der Waals surface area contributed by atoms with Gasteiger partial charge in [0.1, 0.15) is 5.75 Å². The highest BCUT2D eigenvalue weighted by molar-refractivity contribution is 5.91. The summed E-state index contributed by atoms with van der Waals surface area (Å²) >= 11 is 0. The Labute approximate surface area is 154 Å². The maximum Gasteiger partial charge on any atom is 0.215 e. The number of nitrogens with zero attached hydrogens (tertiary/aromatic N) is 2. The second kappa shape index (κ2) is 4.53. The summed E-state index contributed by atoms with van der Waals surface area (Å²) in [6.45, 7) is 6.95. The van der Waals surface area contributed by atoms with Gasteiger partial charge in [0.2, 0.25) is 6.41 Å². The lowest BCUT2D eigenvalue weighted by Crippen LogP contribution is -2.75. The van der Waals surface area contributed by atoms with E-state index in [0.29, 0.717) is 11.5 Å². The molecule has 1 aromatic rings. The third-order valence-corrected chi connectivity index (χ3v) is 8.66. The molecular weight excluding hydrogens is 324 g/mol. The van der Waals surface area contributed by atoms with E-state index in [1.807, 2.05) is 11.0 Å². The van der Waals surface area contributed by atoms with Gasteiger partial charge in [-0.15, -0.1) is 0 Å². The molecule has 2 bridgehead atoms. The Morgan fingerprint density at radius 2 is 2.12 bits per heavy atom. The lowest BCUT2D eigenvalue weighted by atomic mass is 9.40. The van der Waals surface area contributed by atoms with E-state index in [-0.39, 0.29) is 11.0 Å². The maximum absolute atomic E-state index is 12.5. The van der Waals surface area contributed by atoms with Crippen LogP contribution < -0.4 is 9.64 Å². The van der Waals surface area contributed by atoms with Crippen LogP contribution in [0.2, 0.25) is 0 Å². The zero-order valence-corrected chi connectivity index (χ0v) is 15.5. The summed E-state index contributed by atoms with van der Waals surface area (Å²) in [6, 6.07) is 6.91. The Balaban J connectivity index is 1.72. The van der Waals surface area contributed by atoms with Crippen LogP contribution >= 0.6 is 0 Å². The molecular formula is C22H26N2O2. The van der Waals surface area contributed by atoms with Crippen LogP contribution in [0.25, 0.3) is 0 Å². The van der Waals surface area contributed by atoms with Crippen molar-refractivity contribution in [2.45, 2.75) is 55.5 Å². The number of rotatable bonds is 2. The fourth-order valence-electron chi connectivity index (χ4n) is 8.14. The van der Waals surface area contributed by atoms with Crippen LogP contribution in [0.3, 0.4) is 0 Å². The zero-order valence-electron chi connectivity index (χ0n) is 15.5. The van der Waals surface area contributed by atoms with Crippen LogP contribution in [0.1, 0.15) is 44.1 Å². The SMILES string of the molecule is C=C1CC23CCCN4CC[C@@]5(c6cccc(OC)c6N(C=O)C15CC2)[C@@H]43. The van der Waals surface area contributed by atoms with Gasteiger partial charge < -0.3 is 9.64 Å². The third kappa shape index (κ3) is 1.28. The number of hydrogen-bond acceptors (Lipinski definition) is 3. The Hall–Kier alpha value is -1.81. The summed E-state index contributed by atoms with van der Waals surface area (Å²) in [5.74, 6) is 0.826. The molecule has 2 unspecified atom stereocenters. The van der Waals surface area contributed by atoms with Crippen LogP contribution in [-0.4, -0.2) is 43.1 Å². The number of amides is 1. The van der Waals surface area contributed by atoms with Gasteiger partial charge in [0.15, 0.2) is 0 Å². The number of hydrogen-bond donors (Lipinski definition) is 0. The second-order valence-corrected chi connectivity index (χ2v) is 9.10. The number of carbonyl (C=O) groups is 1. The zero-order chi connectivity index (χ0) is 17.7. The summed E-state index contributed by atoms with van der Waals surface area (Å²) in [5, 5.41) is 0. The first kappa shape index (κ1) is 15.3. The normalized spacial score (nSPS) is 42.4. The van der Waals surface area contributed by atoms with Crippen LogP contribution in [0.5, 0.6) is 5.75 Å². The van der Waals surface area contributed by atoms with E-state index in [4.69, 9.17) is 4.74 Å². The number of para-hydroxylation sites is 1. The van der Waals surface area contributed by atoms with Crippen molar-refractivity contribution in [1.82, 2.24) is 4.90 Å². The number of benzene rings is 1. The van der Waals surface area contributed by atoms with Crippen molar-refractivity contribution in [3.8, 4) is 5.75 Å². The first-order chi connectivity index (χ1) is 12.6. The quantitative estimate of drug-likeness (QED) is 0.606. The van der Waals surface area contributed by atoms with Crippen molar-refractivity contribution >= 4 is 12.1 Å². The molecule has 3 aliphatic heterocycles. The highest BCUT2D eigenvalue weighted by Gasteiger charge is 2.78. The molecule has 3 heterocycles. The maximum atomic E-state index is 12.5. The molecule has 0 radical (unpaired) electrons. The molecule has 7 rings (SSSR count). The molecule has 4 nitrogen and oxygen atoms in total. The topological polar surface area (TPSA) is 32.8 Å². The third-order valence-electron chi connectivity index (χ3n) is 8.66. The Bertz CT molecular complexity index is 851. The highest BCUT2D eigenvalue weighted by Crippen LogP contribution is 2.75. The minimum absolute atomic E-state index is 0.00815. The van der Waals surface area contributed by atoms with Crippen LogP contribution in [0.4, 0.5) is 5.69 Å². The van der Waals surface area contributed by atoms with Crippen molar-refractivity contribution in [1.29, 1.82) is 0 Å². The van der Waals surface area contributed by atoms with E-state index in [9.17, 15) is 4.79 Å². The van der Waals surface area contributed by atoms with Crippen molar-refractivity contribution < 1.29 is 9.53 Å². The first-order valence-corrected chi connectivity index (χ1v) is 9.99.